The maximum atomic E-state index is 5.63. The smallest absolute Gasteiger partial charge is 0.260 e. The number of nitrogens with one attached hydrogen (secondary N) is 1. The topological polar surface area (TPSA) is 77.5 Å². The average Bonchev–Trinajstić information content (AvgIpc) is 2.82. The average molecular weight is 235 g/mol. The maximum Gasteiger partial charge on any atom is 0.260 e. The van der Waals surface area contributed by atoms with Crippen molar-refractivity contribution >= 4 is 11.5 Å². The third-order valence-corrected chi connectivity index (χ3v) is 2.48. The molecule has 0 saturated carbocycles. The molecular weight excluding hydrogens is 218 g/mol. The van der Waals surface area contributed by atoms with Crippen molar-refractivity contribution in [3.63, 3.8) is 0 Å². The number of fused-ring (bicyclic) bond motifs is 1. The van der Waals surface area contributed by atoms with E-state index in [9.17, 15) is 0 Å². The summed E-state index contributed by atoms with van der Waals surface area (Å²) >= 11 is 0. The van der Waals surface area contributed by atoms with Crippen molar-refractivity contribution in [3.8, 4) is 5.88 Å². The fraction of sp³-hybridized carbons (Fsp3) is 0.455. The lowest BCUT2D eigenvalue weighted by molar-refractivity contribution is 0.297. The van der Waals surface area contributed by atoms with Crippen LogP contribution in [0.2, 0.25) is 0 Å². The van der Waals surface area contributed by atoms with E-state index in [1.165, 1.54) is 6.42 Å². The third-order valence-electron chi connectivity index (χ3n) is 2.48. The van der Waals surface area contributed by atoms with Crippen molar-refractivity contribution in [2.75, 3.05) is 12.0 Å². The lowest BCUT2D eigenvalue weighted by atomic mass is 10.3. The summed E-state index contributed by atoms with van der Waals surface area (Å²) < 4.78 is 7.46. The van der Waals surface area contributed by atoms with Crippen LogP contribution in [0.5, 0.6) is 5.88 Å². The van der Waals surface area contributed by atoms with Gasteiger partial charge < -0.3 is 10.2 Å². The van der Waals surface area contributed by atoms with Gasteiger partial charge in [0.25, 0.3) is 5.88 Å². The van der Waals surface area contributed by atoms with Gasteiger partial charge in [-0.3, -0.25) is 4.40 Å². The van der Waals surface area contributed by atoms with Crippen molar-refractivity contribution in [2.45, 2.75) is 26.2 Å². The maximum absolute atomic E-state index is 5.63. The molecule has 0 amide bonds. The zero-order chi connectivity index (χ0) is 12.1. The summed E-state index contributed by atoms with van der Waals surface area (Å²) in [5, 5.41) is 0. The second-order valence-corrected chi connectivity index (χ2v) is 3.79. The Morgan fingerprint density at radius 2 is 2.35 bits per heavy atom. The molecule has 0 saturated heterocycles. The van der Waals surface area contributed by atoms with Gasteiger partial charge in [0, 0.05) is 12.4 Å². The number of ether oxygens (including phenoxy) is 1. The van der Waals surface area contributed by atoms with E-state index >= 15 is 0 Å². The molecule has 0 aliphatic rings. The second kappa shape index (κ2) is 5.49. The van der Waals surface area contributed by atoms with Gasteiger partial charge in [-0.2, -0.15) is 4.98 Å². The molecule has 0 spiro atoms. The Balaban J connectivity index is 2.16. The molecule has 6 nitrogen and oxygen atoms in total. The molecule has 0 radical (unpaired) electrons. The largest absolute Gasteiger partial charge is 0.475 e. The number of hydrogen-bond acceptors (Lipinski definition) is 5. The van der Waals surface area contributed by atoms with E-state index in [-0.39, 0.29) is 0 Å². The molecule has 0 aliphatic heterocycles. The van der Waals surface area contributed by atoms with Crippen molar-refractivity contribution in [2.24, 2.45) is 5.84 Å². The van der Waals surface area contributed by atoms with Gasteiger partial charge in [0.05, 0.1) is 12.8 Å². The van der Waals surface area contributed by atoms with E-state index in [1.54, 1.807) is 12.4 Å². The molecule has 2 aromatic heterocycles. The number of nitrogen functional groups attached to an aromatic ring is 1. The van der Waals surface area contributed by atoms with E-state index < -0.39 is 0 Å². The number of hydrazine groups is 1. The van der Waals surface area contributed by atoms with Crippen LogP contribution in [0, 0.1) is 0 Å². The van der Waals surface area contributed by atoms with Crippen LogP contribution in [-0.2, 0) is 0 Å². The summed E-state index contributed by atoms with van der Waals surface area (Å²) in [5.41, 5.74) is 3.22. The summed E-state index contributed by atoms with van der Waals surface area (Å²) in [4.78, 5) is 8.45. The predicted molar refractivity (Wildman–Crippen MR) is 65.8 cm³/mol. The zero-order valence-corrected chi connectivity index (χ0v) is 9.89. The van der Waals surface area contributed by atoms with E-state index in [0.717, 1.165) is 12.8 Å². The number of nitrogens with two attached hydrogens (primary N) is 1. The predicted octanol–water partition coefficient (Wildman–Crippen LogP) is 1.58. The molecule has 0 atom stereocenters. The summed E-state index contributed by atoms with van der Waals surface area (Å²) in [6.45, 7) is 2.81. The Morgan fingerprint density at radius 1 is 1.47 bits per heavy atom. The van der Waals surface area contributed by atoms with Crippen molar-refractivity contribution in [1.29, 1.82) is 0 Å². The van der Waals surface area contributed by atoms with Gasteiger partial charge in [0.15, 0.2) is 5.82 Å². The first-order valence-electron chi connectivity index (χ1n) is 5.78. The van der Waals surface area contributed by atoms with Crippen LogP contribution in [0.1, 0.15) is 26.2 Å². The molecule has 3 N–H and O–H groups in total. The quantitative estimate of drug-likeness (QED) is 0.451. The highest BCUT2D eigenvalue weighted by molar-refractivity contribution is 5.53. The van der Waals surface area contributed by atoms with Crippen LogP contribution in [0.15, 0.2) is 18.6 Å². The highest BCUT2D eigenvalue weighted by Gasteiger charge is 2.07. The van der Waals surface area contributed by atoms with E-state index in [1.807, 2.05) is 10.6 Å². The lowest BCUT2D eigenvalue weighted by Gasteiger charge is -2.08. The molecule has 0 unspecified atom stereocenters. The van der Waals surface area contributed by atoms with Gasteiger partial charge in [-0.05, 0) is 6.42 Å². The van der Waals surface area contributed by atoms with Crippen molar-refractivity contribution in [3.05, 3.63) is 18.6 Å². The third kappa shape index (κ3) is 2.65. The van der Waals surface area contributed by atoms with Crippen LogP contribution >= 0.6 is 0 Å². The molecule has 0 bridgehead atoms. The fourth-order valence-corrected chi connectivity index (χ4v) is 1.59. The molecule has 2 rings (SSSR count). The van der Waals surface area contributed by atoms with E-state index in [4.69, 9.17) is 10.6 Å². The normalized spacial score (nSPS) is 10.7. The van der Waals surface area contributed by atoms with Crippen LogP contribution < -0.4 is 16.0 Å². The Labute approximate surface area is 99.8 Å². The van der Waals surface area contributed by atoms with Crippen molar-refractivity contribution < 1.29 is 4.74 Å². The van der Waals surface area contributed by atoms with Gasteiger partial charge in [-0.1, -0.05) is 19.8 Å². The second-order valence-electron chi connectivity index (χ2n) is 3.79. The number of imidazole rings is 1. The summed E-state index contributed by atoms with van der Waals surface area (Å²) in [6, 6.07) is 0. The minimum absolute atomic E-state index is 0.515. The Bertz CT molecular complexity index is 482. The van der Waals surface area contributed by atoms with Crippen LogP contribution in [0.3, 0.4) is 0 Å². The molecule has 92 valence electrons. The molecule has 2 aromatic rings. The summed E-state index contributed by atoms with van der Waals surface area (Å²) in [6.07, 6.45) is 8.64. The molecule has 17 heavy (non-hydrogen) atoms. The molecule has 0 fully saturated rings. The van der Waals surface area contributed by atoms with E-state index in [0.29, 0.717) is 24.0 Å². The van der Waals surface area contributed by atoms with Crippen LogP contribution in [0.25, 0.3) is 5.65 Å². The standard InChI is InChI=1S/C11H17N5O/c1-2-3-4-7-17-11-10-13-5-6-16(10)8-9(14-11)15-12/h5-6,8,15H,2-4,7,12H2,1H3. The van der Waals surface area contributed by atoms with Gasteiger partial charge in [-0.15, -0.1) is 0 Å². The zero-order valence-electron chi connectivity index (χ0n) is 9.89. The molecule has 6 heteroatoms. The first-order valence-corrected chi connectivity index (χ1v) is 5.78. The first-order chi connectivity index (χ1) is 8.35. The van der Waals surface area contributed by atoms with Crippen molar-refractivity contribution in [1.82, 2.24) is 14.4 Å². The monoisotopic (exact) mass is 235 g/mol. The summed E-state index contributed by atoms with van der Waals surface area (Å²) in [5.74, 6) is 6.42. The van der Waals surface area contributed by atoms with Gasteiger partial charge in [0.1, 0.15) is 0 Å². The van der Waals surface area contributed by atoms with Crippen LogP contribution in [-0.4, -0.2) is 21.0 Å². The highest BCUT2D eigenvalue weighted by atomic mass is 16.5. The molecule has 0 aliphatic carbocycles. The number of nitrogens with zero attached hydrogens (tertiary/aromatic N) is 3. The molecule has 0 aromatic carbocycles. The van der Waals surface area contributed by atoms with E-state index in [2.05, 4.69) is 22.3 Å². The Kier molecular flexibility index (Phi) is 3.77. The highest BCUT2D eigenvalue weighted by Crippen LogP contribution is 2.18. The number of rotatable bonds is 6. The SMILES string of the molecule is CCCCCOc1nc(NN)cn2ccnc12. The number of hydrogen-bond donors (Lipinski definition) is 2. The van der Waals surface area contributed by atoms with Gasteiger partial charge in [-0.25, -0.2) is 10.8 Å². The molecule has 2 heterocycles. The minimum atomic E-state index is 0.515. The number of aromatic nitrogens is 3. The summed E-state index contributed by atoms with van der Waals surface area (Å²) in [7, 11) is 0. The number of unbranched alkanes of at least 4 members (excludes halogenated alkanes) is 2. The lowest BCUT2D eigenvalue weighted by Crippen LogP contribution is -2.11. The van der Waals surface area contributed by atoms with Crippen LogP contribution in [0.4, 0.5) is 5.82 Å². The minimum Gasteiger partial charge on any atom is -0.475 e. The first kappa shape index (κ1) is 11.7. The fourth-order valence-electron chi connectivity index (χ4n) is 1.59. The van der Waals surface area contributed by atoms with Gasteiger partial charge in [0.2, 0.25) is 5.65 Å². The Morgan fingerprint density at radius 3 is 3.12 bits per heavy atom. The Hall–Kier alpha value is -1.82. The number of anilines is 1. The molecular formula is C11H17N5O. The van der Waals surface area contributed by atoms with Gasteiger partial charge >= 0.3 is 0 Å².